The zero-order valence-electron chi connectivity index (χ0n) is 19.1. The van der Waals surface area contributed by atoms with Crippen LogP contribution in [0.3, 0.4) is 0 Å². The van der Waals surface area contributed by atoms with E-state index in [-0.39, 0.29) is 12.4 Å². The number of benzene rings is 5. The van der Waals surface area contributed by atoms with Gasteiger partial charge in [-0.05, 0) is 73.8 Å². The van der Waals surface area contributed by atoms with Gasteiger partial charge in [0.2, 0.25) is 0 Å². The van der Waals surface area contributed by atoms with Crippen LogP contribution in [0.2, 0.25) is 0 Å². The van der Waals surface area contributed by atoms with Crippen molar-refractivity contribution < 1.29 is 0 Å². The zero-order chi connectivity index (χ0) is 22.5. The van der Waals surface area contributed by atoms with Crippen molar-refractivity contribution in [3.05, 3.63) is 96.6 Å². The molecule has 0 heterocycles. The Bertz CT molecular complexity index is 1380. The summed E-state index contributed by atoms with van der Waals surface area (Å²) in [7, 11) is 0. The minimum atomic E-state index is 0. The molecule has 34 heavy (non-hydrogen) atoms. The van der Waals surface area contributed by atoms with Crippen LogP contribution in [0.25, 0.3) is 43.4 Å². The largest absolute Gasteiger partial charge is 0.313 e. The summed E-state index contributed by atoms with van der Waals surface area (Å²) in [6.45, 7) is 1.94. The van der Waals surface area contributed by atoms with Gasteiger partial charge in [-0.1, -0.05) is 84.9 Å². The van der Waals surface area contributed by atoms with Crippen LogP contribution in [-0.4, -0.2) is 23.9 Å². The third kappa shape index (κ3) is 5.37. The Hall–Kier alpha value is -2.23. The molecule has 0 bridgehead atoms. The predicted octanol–water partition coefficient (Wildman–Crippen LogP) is 8.69. The van der Waals surface area contributed by atoms with Gasteiger partial charge in [-0.15, -0.1) is 24.0 Å². The Balaban J connectivity index is 0.00000274. The van der Waals surface area contributed by atoms with Crippen LogP contribution >= 0.6 is 35.8 Å². The maximum Gasteiger partial charge on any atom is 0.0314 e. The van der Waals surface area contributed by atoms with Gasteiger partial charge >= 0.3 is 0 Å². The Morgan fingerprint density at radius 1 is 0.676 bits per heavy atom. The fourth-order valence-corrected chi connectivity index (χ4v) is 5.60. The summed E-state index contributed by atoms with van der Waals surface area (Å²) in [6.07, 6.45) is 1.18. The maximum atomic E-state index is 5.73. The highest BCUT2D eigenvalue weighted by Crippen LogP contribution is 2.39. The fraction of sp³-hybridized carbons (Fsp3) is 0.200. The molecule has 174 valence electrons. The number of alkyl halides is 1. The van der Waals surface area contributed by atoms with Gasteiger partial charge in [-0.3, -0.25) is 0 Å². The number of hydrogen-bond donors (Lipinski definition) is 1. The van der Waals surface area contributed by atoms with Crippen molar-refractivity contribution in [1.82, 2.24) is 5.32 Å². The molecule has 0 aliphatic carbocycles. The number of nitrogens with one attached hydrogen (secondary N) is 1. The quantitative estimate of drug-likeness (QED) is 0.0929. The molecular weight excluding hydrogens is 477 g/mol. The molecule has 0 amide bonds. The molecule has 1 N–H and O–H groups in total. The molecule has 0 spiro atoms. The first-order valence-corrected chi connectivity index (χ1v) is 13.3. The maximum absolute atomic E-state index is 5.73. The number of halogens is 2. The van der Waals surface area contributed by atoms with E-state index in [0.29, 0.717) is 0 Å². The van der Waals surface area contributed by atoms with Crippen molar-refractivity contribution in [2.45, 2.75) is 13.0 Å². The first kappa shape index (κ1) is 24.9. The molecule has 0 aromatic heterocycles. The van der Waals surface area contributed by atoms with Crippen LogP contribution in [0, 0.1) is 0 Å². The normalized spacial score (nSPS) is 11.2. The standard InChI is InChI=1S/C30H28ClNS.ClH/c31-16-19-33-18-5-17-32-21-22-10-12-24(13-11-22)30-27-9-4-2-7-25(27)20-29-26-8-3-1-6-23(26)14-15-28(29)30;/h1-4,6-15,20,32H,5,16-19,21H2;1H. The summed E-state index contributed by atoms with van der Waals surface area (Å²) in [5.74, 6) is 2.95. The summed E-state index contributed by atoms with van der Waals surface area (Å²) < 4.78 is 0. The van der Waals surface area contributed by atoms with Crippen molar-refractivity contribution in [3.63, 3.8) is 0 Å². The second-order valence-electron chi connectivity index (χ2n) is 8.38. The summed E-state index contributed by atoms with van der Waals surface area (Å²) in [5.41, 5.74) is 3.92. The van der Waals surface area contributed by atoms with Crippen LogP contribution in [0.1, 0.15) is 12.0 Å². The van der Waals surface area contributed by atoms with Crippen LogP contribution in [0.4, 0.5) is 0 Å². The lowest BCUT2D eigenvalue weighted by Gasteiger charge is -2.14. The fourth-order valence-electron chi connectivity index (χ4n) is 4.61. The summed E-state index contributed by atoms with van der Waals surface area (Å²) in [6, 6.07) is 33.4. The van der Waals surface area contributed by atoms with E-state index in [9.17, 15) is 0 Å². The van der Waals surface area contributed by atoms with Crippen LogP contribution in [0.15, 0.2) is 91.0 Å². The van der Waals surface area contributed by atoms with Gasteiger partial charge in [0.05, 0.1) is 0 Å². The molecule has 0 fully saturated rings. The summed E-state index contributed by atoms with van der Waals surface area (Å²) >= 11 is 7.66. The van der Waals surface area contributed by atoms with Crippen LogP contribution < -0.4 is 5.32 Å². The molecular formula is C30H29Cl2NS. The first-order chi connectivity index (χ1) is 16.3. The van der Waals surface area contributed by atoms with E-state index < -0.39 is 0 Å². The molecule has 0 saturated heterocycles. The molecule has 4 heteroatoms. The molecule has 0 radical (unpaired) electrons. The van der Waals surface area contributed by atoms with Crippen LogP contribution in [-0.2, 0) is 6.54 Å². The highest BCUT2D eigenvalue weighted by Gasteiger charge is 2.12. The number of thioether (sulfide) groups is 1. The van der Waals surface area contributed by atoms with E-state index in [2.05, 4.69) is 96.3 Å². The monoisotopic (exact) mass is 505 g/mol. The lowest BCUT2D eigenvalue weighted by atomic mass is 9.89. The number of rotatable bonds is 9. The molecule has 1 nitrogen and oxygen atoms in total. The Morgan fingerprint density at radius 3 is 2.21 bits per heavy atom. The number of fused-ring (bicyclic) bond motifs is 4. The molecule has 0 unspecified atom stereocenters. The third-order valence-electron chi connectivity index (χ3n) is 6.21. The smallest absolute Gasteiger partial charge is 0.0314 e. The SMILES string of the molecule is Cl.ClCCSCCCNCc1ccc(-c2c3ccccc3cc3c2ccc2ccccc23)cc1. The average molecular weight is 507 g/mol. The highest BCUT2D eigenvalue weighted by atomic mass is 35.5. The minimum absolute atomic E-state index is 0. The molecule has 0 aliphatic rings. The van der Waals surface area contributed by atoms with E-state index >= 15 is 0 Å². The van der Waals surface area contributed by atoms with Crippen molar-refractivity contribution in [2.75, 3.05) is 23.9 Å². The Morgan fingerprint density at radius 2 is 1.41 bits per heavy atom. The molecule has 5 rings (SSSR count). The third-order valence-corrected chi connectivity index (χ3v) is 7.69. The van der Waals surface area contributed by atoms with E-state index in [1.54, 1.807) is 0 Å². The molecule has 0 atom stereocenters. The van der Waals surface area contributed by atoms with Crippen molar-refractivity contribution >= 4 is 68.1 Å². The molecule has 5 aromatic carbocycles. The topological polar surface area (TPSA) is 12.0 Å². The second-order valence-corrected chi connectivity index (χ2v) is 9.99. The summed E-state index contributed by atoms with van der Waals surface area (Å²) in [4.78, 5) is 0. The van der Waals surface area contributed by atoms with E-state index in [0.717, 1.165) is 24.7 Å². The zero-order valence-corrected chi connectivity index (χ0v) is 21.5. The highest BCUT2D eigenvalue weighted by molar-refractivity contribution is 7.99. The van der Waals surface area contributed by atoms with Gasteiger partial charge in [-0.25, -0.2) is 0 Å². The number of hydrogen-bond acceptors (Lipinski definition) is 2. The molecule has 0 saturated carbocycles. The van der Waals surface area contributed by atoms with Gasteiger partial charge in [0.15, 0.2) is 0 Å². The molecule has 5 aromatic rings. The second kappa shape index (κ2) is 12.0. The lowest BCUT2D eigenvalue weighted by Crippen LogP contribution is -2.15. The van der Waals surface area contributed by atoms with Gasteiger partial charge in [0.1, 0.15) is 0 Å². The predicted molar refractivity (Wildman–Crippen MR) is 156 cm³/mol. The summed E-state index contributed by atoms with van der Waals surface area (Å²) in [5, 5.41) is 11.4. The van der Waals surface area contributed by atoms with Gasteiger partial charge < -0.3 is 5.32 Å². The van der Waals surface area contributed by atoms with Crippen molar-refractivity contribution in [3.8, 4) is 11.1 Å². The van der Waals surface area contributed by atoms with Gasteiger partial charge in [-0.2, -0.15) is 11.8 Å². The van der Waals surface area contributed by atoms with Crippen molar-refractivity contribution in [2.24, 2.45) is 0 Å². The van der Waals surface area contributed by atoms with Crippen molar-refractivity contribution in [1.29, 1.82) is 0 Å². The molecule has 0 aliphatic heterocycles. The first-order valence-electron chi connectivity index (χ1n) is 11.6. The lowest BCUT2D eigenvalue weighted by molar-refractivity contribution is 0.679. The van der Waals surface area contributed by atoms with E-state index in [1.165, 1.54) is 61.2 Å². The van der Waals surface area contributed by atoms with E-state index in [1.807, 2.05) is 11.8 Å². The van der Waals surface area contributed by atoms with Gasteiger partial charge in [0, 0.05) is 18.2 Å². The van der Waals surface area contributed by atoms with E-state index in [4.69, 9.17) is 11.6 Å². The Kier molecular flexibility index (Phi) is 8.74. The Labute approximate surface area is 217 Å². The average Bonchev–Trinajstić information content (AvgIpc) is 2.87. The van der Waals surface area contributed by atoms with Gasteiger partial charge in [0.25, 0.3) is 0 Å². The minimum Gasteiger partial charge on any atom is -0.313 e. The van der Waals surface area contributed by atoms with Crippen LogP contribution in [0.5, 0.6) is 0 Å².